The van der Waals surface area contributed by atoms with Gasteiger partial charge in [-0.05, 0) is 12.1 Å². The lowest BCUT2D eigenvalue weighted by atomic mass is 10.2. The quantitative estimate of drug-likeness (QED) is 0.923. The SMILES string of the molecule is COc1ccccc1-c1nc(C#N)c(N2CCNCC2)o1. The van der Waals surface area contributed by atoms with Gasteiger partial charge in [-0.15, -0.1) is 0 Å². The number of anilines is 1. The minimum atomic E-state index is 0.317. The summed E-state index contributed by atoms with van der Waals surface area (Å²) in [5.41, 5.74) is 1.07. The smallest absolute Gasteiger partial charge is 0.235 e. The third-order valence-electron chi connectivity index (χ3n) is 3.46. The van der Waals surface area contributed by atoms with Crippen molar-refractivity contribution in [2.45, 2.75) is 0 Å². The summed E-state index contributed by atoms with van der Waals surface area (Å²) in [4.78, 5) is 6.36. The largest absolute Gasteiger partial charge is 0.496 e. The second-order valence-electron chi connectivity index (χ2n) is 4.72. The number of benzene rings is 1. The van der Waals surface area contributed by atoms with Gasteiger partial charge in [-0.25, -0.2) is 0 Å². The Labute approximate surface area is 123 Å². The van der Waals surface area contributed by atoms with Crippen LogP contribution in [0.15, 0.2) is 28.7 Å². The van der Waals surface area contributed by atoms with Crippen LogP contribution < -0.4 is 15.0 Å². The second-order valence-corrected chi connectivity index (χ2v) is 4.72. The molecular formula is C15H16N4O2. The number of piperazine rings is 1. The van der Waals surface area contributed by atoms with E-state index in [4.69, 9.17) is 9.15 Å². The molecule has 2 aromatic rings. The highest BCUT2D eigenvalue weighted by atomic mass is 16.5. The number of hydrogen-bond acceptors (Lipinski definition) is 6. The van der Waals surface area contributed by atoms with Crippen LogP contribution in [0.5, 0.6) is 5.75 Å². The first-order valence-corrected chi connectivity index (χ1v) is 6.83. The Morgan fingerprint density at radius 2 is 2.10 bits per heavy atom. The third kappa shape index (κ3) is 2.56. The van der Waals surface area contributed by atoms with Gasteiger partial charge in [-0.3, -0.25) is 0 Å². The zero-order valence-electron chi connectivity index (χ0n) is 11.8. The molecular weight excluding hydrogens is 268 g/mol. The molecule has 0 unspecified atom stereocenters. The zero-order chi connectivity index (χ0) is 14.7. The van der Waals surface area contributed by atoms with Crippen LogP contribution in [0.2, 0.25) is 0 Å². The minimum Gasteiger partial charge on any atom is -0.496 e. The van der Waals surface area contributed by atoms with Gasteiger partial charge in [0, 0.05) is 26.2 Å². The average Bonchev–Trinajstić information content (AvgIpc) is 2.99. The van der Waals surface area contributed by atoms with Crippen molar-refractivity contribution < 1.29 is 9.15 Å². The molecule has 3 rings (SSSR count). The van der Waals surface area contributed by atoms with Crippen molar-refractivity contribution in [1.29, 1.82) is 5.26 Å². The van der Waals surface area contributed by atoms with Crippen molar-refractivity contribution in [1.82, 2.24) is 10.3 Å². The van der Waals surface area contributed by atoms with E-state index in [9.17, 15) is 5.26 Å². The molecule has 1 aliphatic heterocycles. The number of hydrogen-bond donors (Lipinski definition) is 1. The zero-order valence-corrected chi connectivity index (χ0v) is 11.8. The lowest BCUT2D eigenvalue weighted by Crippen LogP contribution is -2.43. The van der Waals surface area contributed by atoms with Crippen LogP contribution in [0.25, 0.3) is 11.5 Å². The predicted octanol–water partition coefficient (Wildman–Crippen LogP) is 1.63. The lowest BCUT2D eigenvalue weighted by molar-refractivity contribution is 0.414. The first-order chi connectivity index (χ1) is 10.3. The number of aromatic nitrogens is 1. The van der Waals surface area contributed by atoms with Crippen molar-refractivity contribution in [3.63, 3.8) is 0 Å². The van der Waals surface area contributed by atoms with Gasteiger partial charge in [0.25, 0.3) is 0 Å². The average molecular weight is 284 g/mol. The number of nitriles is 1. The summed E-state index contributed by atoms with van der Waals surface area (Å²) < 4.78 is 11.2. The van der Waals surface area contributed by atoms with E-state index < -0.39 is 0 Å². The predicted molar refractivity (Wildman–Crippen MR) is 78.3 cm³/mol. The van der Waals surface area contributed by atoms with Gasteiger partial charge in [0.05, 0.1) is 12.7 Å². The molecule has 0 amide bonds. The molecule has 0 spiro atoms. The van der Waals surface area contributed by atoms with E-state index in [1.165, 1.54) is 0 Å². The number of nitrogens with one attached hydrogen (secondary N) is 1. The van der Waals surface area contributed by atoms with Gasteiger partial charge in [-0.2, -0.15) is 10.2 Å². The normalized spacial score (nSPS) is 14.8. The summed E-state index contributed by atoms with van der Waals surface area (Å²) in [5, 5.41) is 12.6. The Bertz CT molecular complexity index is 669. The van der Waals surface area contributed by atoms with Crippen molar-refractivity contribution in [2.75, 3.05) is 38.2 Å². The second kappa shape index (κ2) is 5.85. The summed E-state index contributed by atoms with van der Waals surface area (Å²) in [6.45, 7) is 3.34. The van der Waals surface area contributed by atoms with E-state index in [2.05, 4.69) is 16.4 Å². The van der Waals surface area contributed by atoms with Gasteiger partial charge in [0.2, 0.25) is 17.5 Å². The molecule has 0 atom stereocenters. The fourth-order valence-electron chi connectivity index (χ4n) is 2.40. The molecule has 1 aromatic carbocycles. The number of methoxy groups -OCH3 is 1. The number of oxazole rings is 1. The molecule has 1 saturated heterocycles. The summed E-state index contributed by atoms with van der Waals surface area (Å²) in [7, 11) is 1.60. The van der Waals surface area contributed by atoms with Crippen LogP contribution in [0.4, 0.5) is 5.88 Å². The lowest BCUT2D eigenvalue weighted by Gasteiger charge is -2.26. The molecule has 1 N–H and O–H groups in total. The fraction of sp³-hybridized carbons (Fsp3) is 0.333. The molecule has 108 valence electrons. The van der Waals surface area contributed by atoms with Gasteiger partial charge < -0.3 is 19.4 Å². The summed E-state index contributed by atoms with van der Waals surface area (Å²) >= 11 is 0. The van der Waals surface area contributed by atoms with E-state index in [1.54, 1.807) is 7.11 Å². The highest BCUT2D eigenvalue weighted by Gasteiger charge is 2.22. The third-order valence-corrected chi connectivity index (χ3v) is 3.46. The van der Waals surface area contributed by atoms with Gasteiger partial charge in [0.15, 0.2) is 0 Å². The van der Waals surface area contributed by atoms with Crippen LogP contribution in [0.3, 0.4) is 0 Å². The summed E-state index contributed by atoms with van der Waals surface area (Å²) in [6, 6.07) is 9.59. The summed E-state index contributed by atoms with van der Waals surface area (Å²) in [5.74, 6) is 1.63. The highest BCUT2D eigenvalue weighted by Crippen LogP contribution is 2.33. The Balaban J connectivity index is 2.01. The first kappa shape index (κ1) is 13.5. The van der Waals surface area contributed by atoms with Crippen LogP contribution >= 0.6 is 0 Å². The van der Waals surface area contributed by atoms with E-state index in [1.807, 2.05) is 29.2 Å². The minimum absolute atomic E-state index is 0.317. The van der Waals surface area contributed by atoms with Crippen molar-refractivity contribution in [2.24, 2.45) is 0 Å². The molecule has 0 saturated carbocycles. The standard InChI is InChI=1S/C15H16N4O2/c1-20-13-5-3-2-4-11(13)14-18-12(10-16)15(21-14)19-8-6-17-7-9-19/h2-5,17H,6-9H2,1H3. The Morgan fingerprint density at radius 3 is 2.81 bits per heavy atom. The molecule has 1 fully saturated rings. The molecule has 0 radical (unpaired) electrons. The van der Waals surface area contributed by atoms with Crippen LogP contribution in [-0.2, 0) is 0 Å². The molecule has 21 heavy (non-hydrogen) atoms. The van der Waals surface area contributed by atoms with Crippen molar-refractivity contribution >= 4 is 5.88 Å². The van der Waals surface area contributed by atoms with E-state index in [-0.39, 0.29) is 0 Å². The van der Waals surface area contributed by atoms with Crippen LogP contribution in [-0.4, -0.2) is 38.3 Å². The molecule has 1 aromatic heterocycles. The fourth-order valence-corrected chi connectivity index (χ4v) is 2.40. The molecule has 0 bridgehead atoms. The maximum Gasteiger partial charge on any atom is 0.235 e. The van der Waals surface area contributed by atoms with Crippen molar-refractivity contribution in [3.8, 4) is 23.3 Å². The van der Waals surface area contributed by atoms with E-state index in [0.717, 1.165) is 31.7 Å². The molecule has 2 heterocycles. The Morgan fingerprint density at radius 1 is 1.33 bits per heavy atom. The van der Waals surface area contributed by atoms with Crippen molar-refractivity contribution in [3.05, 3.63) is 30.0 Å². The van der Waals surface area contributed by atoms with E-state index in [0.29, 0.717) is 23.2 Å². The van der Waals surface area contributed by atoms with Gasteiger partial charge >= 0.3 is 0 Å². The first-order valence-electron chi connectivity index (χ1n) is 6.83. The topological polar surface area (TPSA) is 74.3 Å². The molecule has 6 nitrogen and oxygen atoms in total. The van der Waals surface area contributed by atoms with E-state index >= 15 is 0 Å². The number of para-hydroxylation sites is 1. The summed E-state index contributed by atoms with van der Waals surface area (Å²) in [6.07, 6.45) is 0. The Hall–Kier alpha value is -2.52. The molecule has 1 aliphatic rings. The number of ether oxygens (including phenoxy) is 1. The van der Waals surface area contributed by atoms with Crippen LogP contribution in [0, 0.1) is 11.3 Å². The Kier molecular flexibility index (Phi) is 3.75. The maximum absolute atomic E-state index is 9.29. The maximum atomic E-state index is 9.29. The van der Waals surface area contributed by atoms with Gasteiger partial charge in [-0.1, -0.05) is 12.1 Å². The van der Waals surface area contributed by atoms with Crippen LogP contribution in [0.1, 0.15) is 5.69 Å². The number of rotatable bonds is 3. The monoisotopic (exact) mass is 284 g/mol. The number of nitrogens with zero attached hydrogens (tertiary/aromatic N) is 3. The molecule has 6 heteroatoms. The molecule has 0 aliphatic carbocycles. The highest BCUT2D eigenvalue weighted by molar-refractivity contribution is 5.65. The van der Waals surface area contributed by atoms with Gasteiger partial charge in [0.1, 0.15) is 11.8 Å².